The third kappa shape index (κ3) is 6.63. The monoisotopic (exact) mass is 376 g/mol. The molecule has 0 bridgehead atoms. The van der Waals surface area contributed by atoms with Crippen LogP contribution in [-0.4, -0.2) is 68.6 Å². The molecule has 0 aromatic heterocycles. The number of carbonyl (C=O) groups excluding carboxylic acids is 2. The Kier molecular flexibility index (Phi) is 7.80. The molecular formula is C21H36N4O2+2. The number of likely N-dealkylation sites (N-methyl/N-ethyl adjacent to an activating group) is 1. The number of nitrogens with zero attached hydrogens (tertiary/aromatic N) is 1. The molecule has 1 aromatic carbocycles. The third-order valence-electron chi connectivity index (χ3n) is 5.35. The number of nitrogens with one attached hydrogen (secondary N) is 3. The highest BCUT2D eigenvalue weighted by atomic mass is 16.2. The molecule has 1 heterocycles. The van der Waals surface area contributed by atoms with Crippen molar-refractivity contribution in [3.05, 3.63) is 35.4 Å². The minimum atomic E-state index is -0.232. The molecule has 0 spiro atoms. The smallest absolute Gasteiger partial charge is 0.278 e. The second-order valence-electron chi connectivity index (χ2n) is 8.20. The van der Waals surface area contributed by atoms with Crippen molar-refractivity contribution in [2.75, 3.05) is 39.8 Å². The summed E-state index contributed by atoms with van der Waals surface area (Å²) >= 11 is 0. The second-order valence-corrected chi connectivity index (χ2v) is 8.20. The van der Waals surface area contributed by atoms with Gasteiger partial charge in [0.15, 0.2) is 12.6 Å². The maximum atomic E-state index is 12.6. The predicted molar refractivity (Wildman–Crippen MR) is 107 cm³/mol. The van der Waals surface area contributed by atoms with Crippen molar-refractivity contribution in [3.8, 4) is 0 Å². The van der Waals surface area contributed by atoms with Gasteiger partial charge in [-0.3, -0.25) is 9.59 Å². The molecule has 2 amide bonds. The van der Waals surface area contributed by atoms with Gasteiger partial charge in [-0.05, 0) is 27.7 Å². The van der Waals surface area contributed by atoms with Crippen molar-refractivity contribution >= 4 is 11.8 Å². The van der Waals surface area contributed by atoms with Gasteiger partial charge in [0.25, 0.3) is 11.8 Å². The van der Waals surface area contributed by atoms with Gasteiger partial charge in [0.2, 0.25) is 0 Å². The summed E-state index contributed by atoms with van der Waals surface area (Å²) in [6, 6.07) is 8.54. The molecule has 2 rings (SSSR count). The van der Waals surface area contributed by atoms with Gasteiger partial charge in [-0.2, -0.15) is 0 Å². The first-order valence-corrected chi connectivity index (χ1v) is 10.1. The van der Waals surface area contributed by atoms with Crippen molar-refractivity contribution < 1.29 is 19.4 Å². The average molecular weight is 377 g/mol. The number of aryl methyl sites for hydroxylation is 1. The summed E-state index contributed by atoms with van der Waals surface area (Å²) in [4.78, 5) is 29.2. The molecule has 1 aliphatic heterocycles. The zero-order valence-corrected chi connectivity index (χ0v) is 17.5. The zero-order chi connectivity index (χ0) is 20.0. The SMILES string of the molecule is Cc1cccc(C[NH+]2CCN(C(=O)C[NH+](C)[C@@H](C)C(=O)NC(C)C)CC2)c1. The fourth-order valence-corrected chi connectivity index (χ4v) is 3.50. The fraction of sp³-hybridized carbons (Fsp3) is 0.619. The first-order valence-electron chi connectivity index (χ1n) is 10.1. The summed E-state index contributed by atoms with van der Waals surface area (Å²) in [7, 11) is 1.92. The largest absolute Gasteiger partial charge is 0.349 e. The summed E-state index contributed by atoms with van der Waals surface area (Å²) in [5.74, 6) is 0.147. The van der Waals surface area contributed by atoms with Crippen molar-refractivity contribution in [3.63, 3.8) is 0 Å². The van der Waals surface area contributed by atoms with Crippen molar-refractivity contribution in [2.24, 2.45) is 0 Å². The fourth-order valence-electron chi connectivity index (χ4n) is 3.50. The predicted octanol–water partition coefficient (Wildman–Crippen LogP) is -1.35. The van der Waals surface area contributed by atoms with Crippen LogP contribution in [0.5, 0.6) is 0 Å². The van der Waals surface area contributed by atoms with Crippen LogP contribution in [0.25, 0.3) is 0 Å². The molecule has 0 aliphatic carbocycles. The van der Waals surface area contributed by atoms with E-state index in [9.17, 15) is 9.59 Å². The van der Waals surface area contributed by atoms with Crippen LogP contribution in [-0.2, 0) is 16.1 Å². The normalized spacial score (nSPS) is 17.6. The van der Waals surface area contributed by atoms with Gasteiger partial charge < -0.3 is 20.0 Å². The molecule has 6 heteroatoms. The lowest BCUT2D eigenvalue weighted by Crippen LogP contribution is -3.16. The van der Waals surface area contributed by atoms with Crippen molar-refractivity contribution in [1.82, 2.24) is 10.2 Å². The van der Waals surface area contributed by atoms with Crippen molar-refractivity contribution in [2.45, 2.75) is 46.3 Å². The van der Waals surface area contributed by atoms with Crippen LogP contribution < -0.4 is 15.1 Å². The minimum Gasteiger partial charge on any atom is -0.349 e. The Balaban J connectivity index is 1.78. The molecule has 0 radical (unpaired) electrons. The highest BCUT2D eigenvalue weighted by Crippen LogP contribution is 2.02. The highest BCUT2D eigenvalue weighted by Gasteiger charge is 2.29. The number of rotatable bonds is 7. The first kappa shape index (κ1) is 21.4. The van der Waals surface area contributed by atoms with Crippen molar-refractivity contribution in [1.29, 1.82) is 0 Å². The van der Waals surface area contributed by atoms with Crippen LogP contribution in [0.2, 0.25) is 0 Å². The van der Waals surface area contributed by atoms with E-state index in [1.807, 2.05) is 32.7 Å². The Bertz CT molecular complexity index is 639. The standard InChI is InChI=1S/C21H34N4O2/c1-16(2)22-21(27)18(4)23(5)15-20(26)25-11-9-24(10-12-25)14-19-8-6-7-17(3)13-19/h6-8,13,16,18H,9-12,14-15H2,1-5H3,(H,22,27)/p+2/t18-/m0/s1. The number of hydrogen-bond acceptors (Lipinski definition) is 2. The zero-order valence-electron chi connectivity index (χ0n) is 17.5. The molecule has 1 fully saturated rings. The van der Waals surface area contributed by atoms with Gasteiger partial charge in [-0.15, -0.1) is 0 Å². The molecule has 1 unspecified atom stereocenters. The minimum absolute atomic E-state index is 0.00252. The Morgan fingerprint density at radius 2 is 1.89 bits per heavy atom. The molecule has 3 N–H and O–H groups in total. The van der Waals surface area contributed by atoms with E-state index >= 15 is 0 Å². The molecule has 0 saturated carbocycles. The Labute approximate surface area is 163 Å². The molecule has 2 atom stereocenters. The maximum absolute atomic E-state index is 12.6. The number of benzene rings is 1. The maximum Gasteiger partial charge on any atom is 0.278 e. The molecule has 27 heavy (non-hydrogen) atoms. The molecule has 150 valence electrons. The van der Waals surface area contributed by atoms with Gasteiger partial charge in [-0.1, -0.05) is 29.8 Å². The van der Waals surface area contributed by atoms with E-state index in [0.717, 1.165) is 37.6 Å². The number of hydrogen-bond donors (Lipinski definition) is 3. The van der Waals surface area contributed by atoms with E-state index in [1.165, 1.54) is 16.0 Å². The topological polar surface area (TPSA) is 58.3 Å². The van der Waals surface area contributed by atoms with E-state index < -0.39 is 0 Å². The van der Waals surface area contributed by atoms with E-state index in [4.69, 9.17) is 0 Å². The van der Waals surface area contributed by atoms with Crippen LogP contribution in [0.1, 0.15) is 31.9 Å². The summed E-state index contributed by atoms with van der Waals surface area (Å²) < 4.78 is 0. The lowest BCUT2D eigenvalue weighted by Gasteiger charge is -2.33. The van der Waals surface area contributed by atoms with Crippen LogP contribution in [0.4, 0.5) is 0 Å². The Morgan fingerprint density at radius 3 is 2.48 bits per heavy atom. The van der Waals surface area contributed by atoms with E-state index in [1.54, 1.807) is 0 Å². The molecule has 1 aliphatic rings. The van der Waals surface area contributed by atoms with Gasteiger partial charge in [0.05, 0.1) is 33.2 Å². The van der Waals surface area contributed by atoms with Gasteiger partial charge in [-0.25, -0.2) is 0 Å². The van der Waals surface area contributed by atoms with Crippen LogP contribution in [0.3, 0.4) is 0 Å². The van der Waals surface area contributed by atoms with Crippen LogP contribution in [0, 0.1) is 6.92 Å². The summed E-state index contributed by atoms with van der Waals surface area (Å²) in [5.41, 5.74) is 2.65. The van der Waals surface area contributed by atoms with Gasteiger partial charge in [0.1, 0.15) is 6.54 Å². The van der Waals surface area contributed by atoms with Gasteiger partial charge >= 0.3 is 0 Å². The summed E-state index contributed by atoms with van der Waals surface area (Å²) in [5, 5.41) is 2.92. The molecule has 1 saturated heterocycles. The second kappa shape index (κ2) is 9.85. The summed E-state index contributed by atoms with van der Waals surface area (Å²) in [6.07, 6.45) is 0. The molecular weight excluding hydrogens is 340 g/mol. The highest BCUT2D eigenvalue weighted by molar-refractivity contribution is 5.81. The van der Waals surface area contributed by atoms with Gasteiger partial charge in [0, 0.05) is 11.6 Å². The van der Waals surface area contributed by atoms with E-state index in [0.29, 0.717) is 6.54 Å². The molecule has 6 nitrogen and oxygen atoms in total. The van der Waals surface area contributed by atoms with Crippen LogP contribution >= 0.6 is 0 Å². The average Bonchev–Trinajstić information content (AvgIpc) is 2.61. The van der Waals surface area contributed by atoms with Crippen LogP contribution in [0.15, 0.2) is 24.3 Å². The van der Waals surface area contributed by atoms with E-state index in [-0.39, 0.29) is 23.9 Å². The van der Waals surface area contributed by atoms with E-state index in [2.05, 4.69) is 36.5 Å². The summed E-state index contributed by atoms with van der Waals surface area (Å²) in [6.45, 7) is 12.8. The Morgan fingerprint density at radius 1 is 1.22 bits per heavy atom. The quantitative estimate of drug-likeness (QED) is 0.551. The number of amides is 2. The lowest BCUT2D eigenvalue weighted by atomic mass is 10.1. The number of carbonyl (C=O) groups is 2. The Hall–Kier alpha value is -1.92. The third-order valence-corrected chi connectivity index (χ3v) is 5.35. The number of quaternary nitrogens is 2. The molecule has 1 aromatic rings. The lowest BCUT2D eigenvalue weighted by molar-refractivity contribution is -0.918. The number of piperazine rings is 1. The first-order chi connectivity index (χ1) is 12.8.